The molecule has 0 N–H and O–H groups in total. The van der Waals surface area contributed by atoms with E-state index in [4.69, 9.17) is 0 Å². The Kier molecular flexibility index (Phi) is 3.51. The summed E-state index contributed by atoms with van der Waals surface area (Å²) in [5.41, 5.74) is -0.366. The van der Waals surface area contributed by atoms with Gasteiger partial charge in [-0.25, -0.2) is 22.7 Å². The van der Waals surface area contributed by atoms with E-state index in [1.807, 2.05) is 0 Å². The number of halogens is 2. The number of nitrogens with zero attached hydrogens (tertiary/aromatic N) is 5. The molecule has 124 valence electrons. The van der Waals surface area contributed by atoms with Crippen molar-refractivity contribution in [1.29, 1.82) is 0 Å². The molecule has 0 atom stereocenters. The molecule has 4 rings (SSSR count). The third-order valence-corrected chi connectivity index (χ3v) is 4.20. The van der Waals surface area contributed by atoms with Crippen LogP contribution in [0.1, 0.15) is 18.4 Å². The van der Waals surface area contributed by atoms with E-state index < -0.39 is 17.3 Å². The van der Waals surface area contributed by atoms with E-state index in [-0.39, 0.29) is 17.9 Å². The lowest BCUT2D eigenvalue weighted by Crippen LogP contribution is -2.22. The first-order valence-corrected chi connectivity index (χ1v) is 7.77. The molecule has 8 heteroatoms. The van der Waals surface area contributed by atoms with Gasteiger partial charge in [0, 0.05) is 24.8 Å². The molecule has 0 spiro atoms. The van der Waals surface area contributed by atoms with E-state index in [1.165, 1.54) is 4.40 Å². The highest BCUT2D eigenvalue weighted by Crippen LogP contribution is 2.17. The summed E-state index contributed by atoms with van der Waals surface area (Å²) in [6.07, 6.45) is 3.85. The number of hydrogen-bond acceptors (Lipinski definition) is 4. The monoisotopic (exact) mass is 331 g/mol. The van der Waals surface area contributed by atoms with E-state index in [9.17, 15) is 13.6 Å². The zero-order valence-corrected chi connectivity index (χ0v) is 12.8. The third-order valence-electron chi connectivity index (χ3n) is 4.20. The van der Waals surface area contributed by atoms with Crippen molar-refractivity contribution in [2.45, 2.75) is 19.4 Å². The van der Waals surface area contributed by atoms with Crippen molar-refractivity contribution in [2.75, 3.05) is 18.0 Å². The molecule has 0 bridgehead atoms. The van der Waals surface area contributed by atoms with Gasteiger partial charge in [-0.1, -0.05) is 0 Å². The fraction of sp³-hybridized carbons (Fsp3) is 0.312. The van der Waals surface area contributed by atoms with Crippen molar-refractivity contribution in [3.63, 3.8) is 0 Å². The van der Waals surface area contributed by atoms with Crippen molar-refractivity contribution in [3.05, 3.63) is 58.1 Å². The molecule has 0 unspecified atom stereocenters. The predicted molar refractivity (Wildman–Crippen MR) is 84.2 cm³/mol. The highest BCUT2D eigenvalue weighted by Gasteiger charge is 2.16. The first-order chi connectivity index (χ1) is 11.6. The van der Waals surface area contributed by atoms with Crippen LogP contribution in [0.15, 0.2) is 35.3 Å². The Morgan fingerprint density at radius 3 is 2.71 bits per heavy atom. The van der Waals surface area contributed by atoms with Gasteiger partial charge in [0.05, 0.1) is 6.54 Å². The summed E-state index contributed by atoms with van der Waals surface area (Å²) in [6.45, 7) is 1.72. The average Bonchev–Trinajstić information content (AvgIpc) is 3.20. The first-order valence-electron chi connectivity index (χ1n) is 7.77. The lowest BCUT2D eigenvalue weighted by molar-refractivity contribution is 0.561. The Morgan fingerprint density at radius 1 is 1.12 bits per heavy atom. The Balaban J connectivity index is 1.72. The van der Waals surface area contributed by atoms with Crippen molar-refractivity contribution in [2.24, 2.45) is 0 Å². The quantitative estimate of drug-likeness (QED) is 0.735. The highest BCUT2D eigenvalue weighted by atomic mass is 19.1. The van der Waals surface area contributed by atoms with Crippen molar-refractivity contribution in [3.8, 4) is 0 Å². The molecular formula is C16H15F2N5O. The highest BCUT2D eigenvalue weighted by molar-refractivity contribution is 5.44. The normalized spacial score (nSPS) is 14.7. The smallest absolute Gasteiger partial charge is 0.351 e. The molecule has 6 nitrogen and oxygen atoms in total. The number of fused-ring (bicyclic) bond motifs is 1. The number of aromatic nitrogens is 4. The minimum atomic E-state index is -0.578. The fourth-order valence-corrected chi connectivity index (χ4v) is 2.95. The van der Waals surface area contributed by atoms with Gasteiger partial charge in [0.25, 0.3) is 5.78 Å². The summed E-state index contributed by atoms with van der Waals surface area (Å²) in [5, 5.41) is 4.15. The second kappa shape index (κ2) is 5.70. The Hall–Kier alpha value is -2.77. The van der Waals surface area contributed by atoms with E-state index in [1.54, 1.807) is 12.3 Å². The molecule has 2 aromatic heterocycles. The van der Waals surface area contributed by atoms with Gasteiger partial charge in [-0.05, 0) is 37.1 Å². The van der Waals surface area contributed by atoms with Crippen LogP contribution in [0.5, 0.6) is 0 Å². The average molecular weight is 331 g/mol. The van der Waals surface area contributed by atoms with Crippen LogP contribution in [0.2, 0.25) is 0 Å². The van der Waals surface area contributed by atoms with Crippen LogP contribution in [0, 0.1) is 11.6 Å². The van der Waals surface area contributed by atoms with Crippen LogP contribution < -0.4 is 10.6 Å². The maximum atomic E-state index is 13.8. The van der Waals surface area contributed by atoms with Crippen LogP contribution >= 0.6 is 0 Å². The minimum Gasteiger partial charge on any atom is -0.356 e. The molecule has 3 heterocycles. The molecule has 0 amide bonds. The van der Waals surface area contributed by atoms with Crippen molar-refractivity contribution >= 4 is 11.6 Å². The SMILES string of the molecule is O=c1n(Cc2cc(F)ccc2F)nc2nc(N3CCCC3)ccn12. The zero-order valence-electron chi connectivity index (χ0n) is 12.8. The summed E-state index contributed by atoms with van der Waals surface area (Å²) in [7, 11) is 0. The van der Waals surface area contributed by atoms with Gasteiger partial charge in [-0.3, -0.25) is 0 Å². The molecule has 24 heavy (non-hydrogen) atoms. The molecule has 0 aliphatic carbocycles. The Bertz CT molecular complexity index is 959. The maximum absolute atomic E-state index is 13.8. The van der Waals surface area contributed by atoms with Gasteiger partial charge in [0.1, 0.15) is 17.5 Å². The summed E-state index contributed by atoms with van der Waals surface area (Å²) in [6, 6.07) is 4.91. The van der Waals surface area contributed by atoms with Gasteiger partial charge in [0.15, 0.2) is 0 Å². The number of rotatable bonds is 3. The largest absolute Gasteiger partial charge is 0.356 e. The first kappa shape index (κ1) is 14.8. The molecule has 1 fully saturated rings. The molecule has 1 aliphatic heterocycles. The molecule has 3 aromatic rings. The van der Waals surface area contributed by atoms with Crippen LogP contribution in [-0.4, -0.2) is 32.3 Å². The van der Waals surface area contributed by atoms with Crippen molar-refractivity contribution < 1.29 is 8.78 Å². The molecule has 1 aliphatic rings. The minimum absolute atomic E-state index is 0.0697. The summed E-state index contributed by atoms with van der Waals surface area (Å²) in [4.78, 5) is 18.9. The van der Waals surface area contributed by atoms with Crippen LogP contribution in [0.25, 0.3) is 5.78 Å². The summed E-state index contributed by atoms with van der Waals surface area (Å²) < 4.78 is 29.4. The van der Waals surface area contributed by atoms with Gasteiger partial charge >= 0.3 is 5.69 Å². The van der Waals surface area contributed by atoms with Gasteiger partial charge < -0.3 is 4.90 Å². The van der Waals surface area contributed by atoms with Gasteiger partial charge in [0.2, 0.25) is 0 Å². The Labute approximate surface area is 136 Å². The van der Waals surface area contributed by atoms with Crippen LogP contribution in [0.4, 0.5) is 14.6 Å². The molecule has 0 saturated carbocycles. The molecule has 0 radical (unpaired) electrons. The summed E-state index contributed by atoms with van der Waals surface area (Å²) >= 11 is 0. The predicted octanol–water partition coefficient (Wildman–Crippen LogP) is 1.82. The van der Waals surface area contributed by atoms with E-state index >= 15 is 0 Å². The third kappa shape index (κ3) is 2.53. The molecule has 1 aromatic carbocycles. The zero-order chi connectivity index (χ0) is 16.7. The molecular weight excluding hydrogens is 316 g/mol. The second-order valence-corrected chi connectivity index (χ2v) is 5.83. The van der Waals surface area contributed by atoms with E-state index in [0.29, 0.717) is 0 Å². The van der Waals surface area contributed by atoms with Gasteiger partial charge in [-0.15, -0.1) is 5.10 Å². The number of hydrogen-bond donors (Lipinski definition) is 0. The van der Waals surface area contributed by atoms with Crippen LogP contribution in [-0.2, 0) is 6.54 Å². The fourth-order valence-electron chi connectivity index (χ4n) is 2.95. The van der Waals surface area contributed by atoms with E-state index in [0.717, 1.165) is 54.6 Å². The van der Waals surface area contributed by atoms with E-state index in [2.05, 4.69) is 15.0 Å². The van der Waals surface area contributed by atoms with Gasteiger partial charge in [-0.2, -0.15) is 4.98 Å². The van der Waals surface area contributed by atoms with Crippen molar-refractivity contribution in [1.82, 2.24) is 19.2 Å². The maximum Gasteiger partial charge on any atom is 0.351 e. The lowest BCUT2D eigenvalue weighted by atomic mass is 10.2. The Morgan fingerprint density at radius 2 is 1.92 bits per heavy atom. The van der Waals surface area contributed by atoms with Crippen LogP contribution in [0.3, 0.4) is 0 Å². The molecule has 1 saturated heterocycles. The number of anilines is 1. The lowest BCUT2D eigenvalue weighted by Gasteiger charge is -2.15. The second-order valence-electron chi connectivity index (χ2n) is 5.83. The topological polar surface area (TPSA) is 55.4 Å². The number of benzene rings is 1. The summed E-state index contributed by atoms with van der Waals surface area (Å²) in [5.74, 6) is -0.112. The standard InChI is InChI=1S/C16H15F2N5O/c17-12-3-4-13(18)11(9-12)10-23-16(24)22-8-5-14(19-15(22)20-23)21-6-1-2-7-21/h3-5,8-9H,1-2,6-7,10H2.